The number of rotatable bonds is 5. The molecule has 0 radical (unpaired) electrons. The summed E-state index contributed by atoms with van der Waals surface area (Å²) in [4.78, 5) is 11.1. The maximum Gasteiger partial charge on any atom is 0.337 e. The minimum Gasteiger partial charge on any atom is -0.491 e. The van der Waals surface area contributed by atoms with Crippen LogP contribution in [0.4, 0.5) is 0 Å². The predicted molar refractivity (Wildman–Crippen MR) is 77.5 cm³/mol. The molecule has 0 aliphatic heterocycles. The van der Waals surface area contributed by atoms with Crippen LogP contribution < -0.4 is 4.74 Å². The Morgan fingerprint density at radius 2 is 1.95 bits per heavy atom. The van der Waals surface area contributed by atoms with E-state index < -0.39 is 5.97 Å². The number of carboxylic acids is 1. The second-order valence-corrected chi connectivity index (χ2v) is 4.86. The van der Waals surface area contributed by atoms with Gasteiger partial charge in [-0.2, -0.15) is 0 Å². The molecule has 0 bridgehead atoms. The molecule has 1 N–H and O–H groups in total. The summed E-state index contributed by atoms with van der Waals surface area (Å²) in [6, 6.07) is 9.56. The standard InChI is InChI=1S/C16H19NO3/c1-11-6-4-5-7-15(11)20-9-8-17-12(2)10-14(13(17)3)16(18)19/h4-7,10H,8-9H2,1-3H3,(H,18,19). The average Bonchev–Trinajstić information content (AvgIpc) is 2.68. The van der Waals surface area contributed by atoms with E-state index in [0.29, 0.717) is 18.7 Å². The fourth-order valence-electron chi connectivity index (χ4n) is 2.33. The fourth-order valence-corrected chi connectivity index (χ4v) is 2.33. The molecule has 0 aliphatic rings. The minimum atomic E-state index is -0.885. The summed E-state index contributed by atoms with van der Waals surface area (Å²) in [5.74, 6) is -0.0161. The van der Waals surface area contributed by atoms with Crippen LogP contribution in [0.25, 0.3) is 0 Å². The molecule has 4 nitrogen and oxygen atoms in total. The van der Waals surface area contributed by atoms with Crippen molar-refractivity contribution in [2.45, 2.75) is 27.3 Å². The van der Waals surface area contributed by atoms with E-state index in [9.17, 15) is 4.79 Å². The highest BCUT2D eigenvalue weighted by atomic mass is 16.5. The van der Waals surface area contributed by atoms with Crippen LogP contribution >= 0.6 is 0 Å². The monoisotopic (exact) mass is 273 g/mol. The van der Waals surface area contributed by atoms with Gasteiger partial charge in [0.05, 0.1) is 12.1 Å². The van der Waals surface area contributed by atoms with Crippen molar-refractivity contribution >= 4 is 5.97 Å². The number of carboxylic acid groups (broad SMARTS) is 1. The topological polar surface area (TPSA) is 51.5 Å². The molecule has 2 rings (SSSR count). The maximum atomic E-state index is 11.1. The number of para-hydroxylation sites is 1. The first kappa shape index (κ1) is 14.2. The van der Waals surface area contributed by atoms with E-state index in [2.05, 4.69) is 0 Å². The van der Waals surface area contributed by atoms with Crippen LogP contribution in [0.1, 0.15) is 27.3 Å². The van der Waals surface area contributed by atoms with Gasteiger partial charge in [0.1, 0.15) is 12.4 Å². The van der Waals surface area contributed by atoms with Crippen molar-refractivity contribution in [2.24, 2.45) is 0 Å². The van der Waals surface area contributed by atoms with Crippen molar-refractivity contribution in [3.05, 3.63) is 52.8 Å². The van der Waals surface area contributed by atoms with E-state index in [1.54, 1.807) is 6.07 Å². The minimum absolute atomic E-state index is 0.360. The number of nitrogens with zero attached hydrogens (tertiary/aromatic N) is 1. The Kier molecular flexibility index (Phi) is 4.13. The van der Waals surface area contributed by atoms with Crippen molar-refractivity contribution in [2.75, 3.05) is 6.61 Å². The Morgan fingerprint density at radius 1 is 1.25 bits per heavy atom. The van der Waals surface area contributed by atoms with Crippen LogP contribution in [0.2, 0.25) is 0 Å². The van der Waals surface area contributed by atoms with Gasteiger partial charge >= 0.3 is 5.97 Å². The Hall–Kier alpha value is -2.23. The van der Waals surface area contributed by atoms with Crippen LogP contribution in [-0.2, 0) is 6.54 Å². The van der Waals surface area contributed by atoms with E-state index in [1.807, 2.05) is 49.6 Å². The number of ether oxygens (including phenoxy) is 1. The van der Waals surface area contributed by atoms with Gasteiger partial charge in [0.2, 0.25) is 0 Å². The second kappa shape index (κ2) is 5.82. The van der Waals surface area contributed by atoms with E-state index in [0.717, 1.165) is 22.7 Å². The molecule has 2 aromatic rings. The molecule has 106 valence electrons. The number of carbonyl (C=O) groups is 1. The summed E-state index contributed by atoms with van der Waals surface area (Å²) >= 11 is 0. The van der Waals surface area contributed by atoms with E-state index in [1.165, 1.54) is 0 Å². The third kappa shape index (κ3) is 2.85. The molecular weight excluding hydrogens is 254 g/mol. The molecular formula is C16H19NO3. The van der Waals surface area contributed by atoms with Crippen molar-refractivity contribution < 1.29 is 14.6 Å². The number of hydrogen-bond acceptors (Lipinski definition) is 2. The maximum absolute atomic E-state index is 11.1. The number of hydrogen-bond donors (Lipinski definition) is 1. The summed E-state index contributed by atoms with van der Waals surface area (Å²) in [6.45, 7) is 6.89. The molecule has 0 saturated carbocycles. The highest BCUT2D eigenvalue weighted by Gasteiger charge is 2.14. The van der Waals surface area contributed by atoms with Gasteiger partial charge in [0, 0.05) is 11.4 Å². The third-order valence-electron chi connectivity index (χ3n) is 3.47. The Labute approximate surface area is 118 Å². The molecule has 0 fully saturated rings. The second-order valence-electron chi connectivity index (χ2n) is 4.86. The van der Waals surface area contributed by atoms with Crippen molar-refractivity contribution in [3.8, 4) is 5.75 Å². The molecule has 1 aromatic heterocycles. The molecule has 0 amide bonds. The van der Waals surface area contributed by atoms with Gasteiger partial charge in [-0.3, -0.25) is 0 Å². The lowest BCUT2D eigenvalue weighted by Crippen LogP contribution is -2.12. The zero-order valence-electron chi connectivity index (χ0n) is 12.0. The van der Waals surface area contributed by atoms with Crippen LogP contribution in [-0.4, -0.2) is 22.2 Å². The Bertz CT molecular complexity index is 629. The summed E-state index contributed by atoms with van der Waals surface area (Å²) in [5, 5.41) is 9.10. The summed E-state index contributed by atoms with van der Waals surface area (Å²) in [6.07, 6.45) is 0. The first-order valence-electron chi connectivity index (χ1n) is 6.59. The molecule has 1 aromatic carbocycles. The van der Waals surface area contributed by atoms with Crippen LogP contribution in [0.5, 0.6) is 5.75 Å². The predicted octanol–water partition coefficient (Wildman–Crippen LogP) is 3.19. The number of aryl methyl sites for hydroxylation is 2. The fraction of sp³-hybridized carbons (Fsp3) is 0.312. The molecule has 1 heterocycles. The van der Waals surface area contributed by atoms with Gasteiger partial charge in [-0.25, -0.2) is 4.79 Å². The summed E-state index contributed by atoms with van der Waals surface area (Å²) < 4.78 is 7.73. The molecule has 20 heavy (non-hydrogen) atoms. The lowest BCUT2D eigenvalue weighted by atomic mass is 10.2. The molecule has 0 unspecified atom stereocenters. The third-order valence-corrected chi connectivity index (χ3v) is 3.47. The molecule has 4 heteroatoms. The summed E-state index contributed by atoms with van der Waals surface area (Å²) in [5.41, 5.74) is 3.16. The van der Waals surface area contributed by atoms with E-state index in [4.69, 9.17) is 9.84 Å². The SMILES string of the molecule is Cc1ccccc1OCCn1c(C)cc(C(=O)O)c1C. The molecule has 0 aliphatic carbocycles. The summed E-state index contributed by atoms with van der Waals surface area (Å²) in [7, 11) is 0. The first-order chi connectivity index (χ1) is 9.50. The largest absolute Gasteiger partial charge is 0.491 e. The lowest BCUT2D eigenvalue weighted by Gasteiger charge is -2.12. The van der Waals surface area contributed by atoms with Gasteiger partial charge in [0.25, 0.3) is 0 Å². The lowest BCUT2D eigenvalue weighted by molar-refractivity contribution is 0.0696. The zero-order chi connectivity index (χ0) is 14.7. The van der Waals surface area contributed by atoms with Crippen LogP contribution in [0.15, 0.2) is 30.3 Å². The van der Waals surface area contributed by atoms with Crippen LogP contribution in [0.3, 0.4) is 0 Å². The Balaban J connectivity index is 2.05. The van der Waals surface area contributed by atoms with Crippen LogP contribution in [0, 0.1) is 20.8 Å². The van der Waals surface area contributed by atoms with E-state index >= 15 is 0 Å². The molecule has 0 saturated heterocycles. The van der Waals surface area contributed by atoms with E-state index in [-0.39, 0.29) is 0 Å². The van der Waals surface area contributed by atoms with Gasteiger partial charge in [-0.15, -0.1) is 0 Å². The van der Waals surface area contributed by atoms with Gasteiger partial charge in [-0.05, 0) is 38.5 Å². The highest BCUT2D eigenvalue weighted by Crippen LogP contribution is 2.18. The van der Waals surface area contributed by atoms with Crippen molar-refractivity contribution in [1.82, 2.24) is 4.57 Å². The van der Waals surface area contributed by atoms with Crippen molar-refractivity contribution in [1.29, 1.82) is 0 Å². The van der Waals surface area contributed by atoms with Gasteiger partial charge in [0.15, 0.2) is 0 Å². The quantitative estimate of drug-likeness (QED) is 0.910. The number of aromatic carboxylic acids is 1. The normalized spacial score (nSPS) is 10.6. The number of benzene rings is 1. The van der Waals surface area contributed by atoms with Gasteiger partial charge < -0.3 is 14.4 Å². The molecule has 0 spiro atoms. The average molecular weight is 273 g/mol. The number of aromatic nitrogens is 1. The zero-order valence-corrected chi connectivity index (χ0v) is 12.0. The smallest absolute Gasteiger partial charge is 0.337 e. The highest BCUT2D eigenvalue weighted by molar-refractivity contribution is 5.89. The first-order valence-corrected chi connectivity index (χ1v) is 6.59. The Morgan fingerprint density at radius 3 is 2.55 bits per heavy atom. The van der Waals surface area contributed by atoms with Crippen molar-refractivity contribution in [3.63, 3.8) is 0 Å². The van der Waals surface area contributed by atoms with Gasteiger partial charge in [-0.1, -0.05) is 18.2 Å². The molecule has 0 atom stereocenters.